The van der Waals surface area contributed by atoms with E-state index >= 15 is 0 Å². The summed E-state index contributed by atoms with van der Waals surface area (Å²) < 4.78 is 18.4. The van der Waals surface area contributed by atoms with E-state index in [1.165, 1.54) is 23.9 Å². The van der Waals surface area contributed by atoms with Gasteiger partial charge in [0.15, 0.2) is 10.2 Å². The molecule has 0 spiro atoms. The van der Waals surface area contributed by atoms with Gasteiger partial charge in [-0.05, 0) is 48.5 Å². The van der Waals surface area contributed by atoms with Crippen LogP contribution in [0.15, 0.2) is 45.2 Å². The fourth-order valence-electron chi connectivity index (χ4n) is 1.69. The lowest BCUT2D eigenvalue weighted by Gasteiger charge is -1.93. The quantitative estimate of drug-likeness (QED) is 0.750. The number of hydrogen-bond donors (Lipinski definition) is 1. The van der Waals surface area contributed by atoms with Crippen LogP contribution in [0.4, 0.5) is 4.39 Å². The molecule has 0 saturated heterocycles. The van der Waals surface area contributed by atoms with Crippen LogP contribution in [0.2, 0.25) is 0 Å². The highest BCUT2D eigenvalue weighted by Crippen LogP contribution is 2.28. The molecule has 2 aromatic heterocycles. The number of fused-ring (bicyclic) bond motifs is 1. The van der Waals surface area contributed by atoms with E-state index in [1.54, 1.807) is 6.26 Å². The molecule has 2 heterocycles. The highest BCUT2D eigenvalue weighted by Gasteiger charge is 2.09. The first kappa shape index (κ1) is 10.4. The molecule has 1 aromatic carbocycles. The summed E-state index contributed by atoms with van der Waals surface area (Å²) in [6.07, 6.45) is 1.61. The lowest BCUT2D eigenvalue weighted by Crippen LogP contribution is -1.80. The zero-order chi connectivity index (χ0) is 11.8. The number of benzene rings is 1. The molecule has 0 unspecified atom stereocenters. The van der Waals surface area contributed by atoms with Gasteiger partial charge in [0.1, 0.15) is 5.82 Å². The van der Waals surface area contributed by atoms with Gasteiger partial charge in [0, 0.05) is 0 Å². The molecule has 0 aliphatic rings. The van der Waals surface area contributed by atoms with Crippen molar-refractivity contribution in [3.63, 3.8) is 0 Å². The van der Waals surface area contributed by atoms with Gasteiger partial charge in [0.2, 0.25) is 0 Å². The number of H-pyrrole nitrogens is 1. The Kier molecular flexibility index (Phi) is 2.40. The Morgan fingerprint density at radius 2 is 2.29 bits per heavy atom. The minimum atomic E-state index is -0.256. The van der Waals surface area contributed by atoms with Crippen molar-refractivity contribution in [2.75, 3.05) is 0 Å². The molecular formula is C12H9FN2OS. The molecule has 3 aromatic rings. The summed E-state index contributed by atoms with van der Waals surface area (Å²) in [5, 5.41) is 1.45. The lowest BCUT2D eigenvalue weighted by atomic mass is 10.2. The summed E-state index contributed by atoms with van der Waals surface area (Å²) in [6, 6.07) is 6.59. The molecule has 5 heteroatoms. The number of aryl methyl sites for hydroxylation is 1. The maximum absolute atomic E-state index is 13.2. The van der Waals surface area contributed by atoms with Crippen LogP contribution in [-0.4, -0.2) is 9.97 Å². The van der Waals surface area contributed by atoms with Crippen LogP contribution >= 0.6 is 11.8 Å². The second kappa shape index (κ2) is 3.92. The average Bonchev–Trinajstić information content (AvgIpc) is 2.87. The number of aromatic nitrogens is 2. The third kappa shape index (κ3) is 1.93. The number of halogens is 1. The highest BCUT2D eigenvalue weighted by molar-refractivity contribution is 7.99. The number of imidazole rings is 1. The number of aromatic amines is 1. The Morgan fingerprint density at radius 3 is 3.06 bits per heavy atom. The smallest absolute Gasteiger partial charge is 0.174 e. The number of hydrogen-bond acceptors (Lipinski definition) is 3. The minimum Gasteiger partial charge on any atom is -0.458 e. The fraction of sp³-hybridized carbons (Fsp3) is 0.0833. The van der Waals surface area contributed by atoms with Gasteiger partial charge in [-0.25, -0.2) is 9.37 Å². The largest absolute Gasteiger partial charge is 0.458 e. The maximum atomic E-state index is 13.2. The molecule has 3 nitrogen and oxygen atoms in total. The van der Waals surface area contributed by atoms with Crippen LogP contribution in [0, 0.1) is 12.7 Å². The summed E-state index contributed by atoms with van der Waals surface area (Å²) >= 11 is 1.38. The van der Waals surface area contributed by atoms with E-state index < -0.39 is 0 Å². The van der Waals surface area contributed by atoms with Crippen LogP contribution < -0.4 is 0 Å². The second-order valence-corrected chi connectivity index (χ2v) is 4.69. The molecule has 0 aliphatic heterocycles. The van der Waals surface area contributed by atoms with E-state index in [0.717, 1.165) is 16.2 Å². The molecule has 86 valence electrons. The van der Waals surface area contributed by atoms with E-state index in [2.05, 4.69) is 9.97 Å². The SMILES string of the molecule is Cc1cc(F)cc2[nH]c(Sc3ccco3)nc12. The van der Waals surface area contributed by atoms with Crippen molar-refractivity contribution in [1.29, 1.82) is 0 Å². The Balaban J connectivity index is 2.05. The third-order valence-electron chi connectivity index (χ3n) is 2.41. The third-order valence-corrected chi connectivity index (χ3v) is 3.23. The molecule has 17 heavy (non-hydrogen) atoms. The Morgan fingerprint density at radius 1 is 1.41 bits per heavy atom. The number of rotatable bonds is 2. The minimum absolute atomic E-state index is 0.256. The fourth-order valence-corrected chi connectivity index (χ4v) is 2.43. The molecule has 0 bridgehead atoms. The predicted molar refractivity (Wildman–Crippen MR) is 63.6 cm³/mol. The zero-order valence-corrected chi connectivity index (χ0v) is 9.84. The van der Waals surface area contributed by atoms with Gasteiger partial charge in [0.05, 0.1) is 17.3 Å². The van der Waals surface area contributed by atoms with Gasteiger partial charge >= 0.3 is 0 Å². The van der Waals surface area contributed by atoms with Crippen molar-refractivity contribution >= 4 is 22.8 Å². The van der Waals surface area contributed by atoms with Gasteiger partial charge in [-0.15, -0.1) is 0 Å². The lowest BCUT2D eigenvalue weighted by molar-refractivity contribution is 0.474. The van der Waals surface area contributed by atoms with E-state index in [1.807, 2.05) is 19.1 Å². The molecule has 0 fully saturated rings. The maximum Gasteiger partial charge on any atom is 0.174 e. The zero-order valence-electron chi connectivity index (χ0n) is 9.03. The van der Waals surface area contributed by atoms with E-state index in [9.17, 15) is 4.39 Å². The van der Waals surface area contributed by atoms with Gasteiger partial charge in [-0.1, -0.05) is 0 Å². The summed E-state index contributed by atoms with van der Waals surface area (Å²) in [7, 11) is 0. The van der Waals surface area contributed by atoms with E-state index in [-0.39, 0.29) is 5.82 Å². The van der Waals surface area contributed by atoms with Crippen molar-refractivity contribution in [3.05, 3.63) is 41.9 Å². The summed E-state index contributed by atoms with van der Waals surface area (Å²) in [6.45, 7) is 1.84. The second-order valence-electron chi connectivity index (χ2n) is 3.69. The van der Waals surface area contributed by atoms with Crippen LogP contribution in [0.3, 0.4) is 0 Å². The van der Waals surface area contributed by atoms with Crippen molar-refractivity contribution in [3.8, 4) is 0 Å². The van der Waals surface area contributed by atoms with Gasteiger partial charge in [-0.3, -0.25) is 0 Å². The average molecular weight is 248 g/mol. The summed E-state index contributed by atoms with van der Waals surface area (Å²) in [5.74, 6) is -0.256. The van der Waals surface area contributed by atoms with Crippen molar-refractivity contribution in [2.45, 2.75) is 17.2 Å². The van der Waals surface area contributed by atoms with E-state index in [4.69, 9.17) is 4.42 Å². The van der Waals surface area contributed by atoms with Gasteiger partial charge in [0.25, 0.3) is 0 Å². The van der Waals surface area contributed by atoms with Crippen LogP contribution in [0.25, 0.3) is 11.0 Å². The molecule has 3 rings (SSSR count). The monoisotopic (exact) mass is 248 g/mol. The van der Waals surface area contributed by atoms with Gasteiger partial charge in [-0.2, -0.15) is 0 Å². The van der Waals surface area contributed by atoms with Crippen molar-refractivity contribution < 1.29 is 8.81 Å². The number of nitrogens with one attached hydrogen (secondary N) is 1. The molecule has 0 amide bonds. The topological polar surface area (TPSA) is 41.8 Å². The van der Waals surface area contributed by atoms with Gasteiger partial charge < -0.3 is 9.40 Å². The predicted octanol–water partition coefficient (Wildman–Crippen LogP) is 3.75. The van der Waals surface area contributed by atoms with Crippen molar-refractivity contribution in [2.24, 2.45) is 0 Å². The Bertz CT molecular complexity index is 661. The molecule has 1 N–H and O–H groups in total. The molecular weight excluding hydrogens is 239 g/mol. The van der Waals surface area contributed by atoms with Crippen molar-refractivity contribution in [1.82, 2.24) is 9.97 Å². The number of nitrogens with zero attached hydrogens (tertiary/aromatic N) is 1. The van der Waals surface area contributed by atoms with Crippen LogP contribution in [0.1, 0.15) is 5.56 Å². The standard InChI is InChI=1S/C12H9FN2OS/c1-7-5-8(13)6-9-11(7)15-12(14-9)17-10-3-2-4-16-10/h2-6H,1H3,(H,14,15). The Hall–Kier alpha value is -1.75. The molecule has 0 saturated carbocycles. The first-order valence-corrected chi connectivity index (χ1v) is 5.91. The highest BCUT2D eigenvalue weighted by atomic mass is 32.2. The van der Waals surface area contributed by atoms with Crippen LogP contribution in [0.5, 0.6) is 0 Å². The number of furan rings is 1. The Labute approximate surface area is 101 Å². The van der Waals surface area contributed by atoms with Crippen LogP contribution in [-0.2, 0) is 0 Å². The first-order valence-electron chi connectivity index (χ1n) is 5.09. The molecule has 0 radical (unpaired) electrons. The summed E-state index contributed by atoms with van der Waals surface area (Å²) in [4.78, 5) is 7.48. The summed E-state index contributed by atoms with van der Waals surface area (Å²) in [5.41, 5.74) is 2.32. The molecule has 0 aliphatic carbocycles. The molecule has 0 atom stereocenters. The van der Waals surface area contributed by atoms with E-state index in [0.29, 0.717) is 10.7 Å². The normalized spacial score (nSPS) is 11.2. The first-order chi connectivity index (χ1) is 8.22.